The molecule has 1 N–H and O–H groups in total. The second-order valence-electron chi connectivity index (χ2n) is 6.49. The molecule has 3 heteroatoms. The van der Waals surface area contributed by atoms with E-state index in [0.717, 1.165) is 12.0 Å². The Hall–Kier alpha value is -2.39. The molecule has 0 saturated carbocycles. The summed E-state index contributed by atoms with van der Waals surface area (Å²) in [5.41, 5.74) is 1.83. The first-order valence-corrected chi connectivity index (χ1v) is 8.18. The van der Waals surface area contributed by atoms with Gasteiger partial charge < -0.3 is 10.2 Å². The highest BCUT2D eigenvalue weighted by Crippen LogP contribution is 2.34. The van der Waals surface area contributed by atoms with Crippen LogP contribution in [0.3, 0.4) is 0 Å². The fraction of sp³-hybridized carbons (Fsp3) is 0.286. The Balaban J connectivity index is 2.39. The number of carbonyl (C=O) groups is 1. The van der Waals surface area contributed by atoms with Crippen molar-refractivity contribution in [3.05, 3.63) is 84.4 Å². The first-order valence-electron chi connectivity index (χ1n) is 8.18. The van der Waals surface area contributed by atoms with Crippen molar-refractivity contribution in [2.45, 2.75) is 24.9 Å². The lowest BCUT2D eigenvalue weighted by atomic mass is 9.83. The van der Waals surface area contributed by atoms with Crippen molar-refractivity contribution >= 4 is 5.91 Å². The smallest absolute Gasteiger partial charge is 0.244 e. The summed E-state index contributed by atoms with van der Waals surface area (Å²) in [6, 6.07) is 20.7. The Morgan fingerprint density at radius 2 is 1.67 bits per heavy atom. The number of amides is 1. The van der Waals surface area contributed by atoms with E-state index in [1.54, 1.807) is 0 Å². The van der Waals surface area contributed by atoms with Crippen LogP contribution in [0.4, 0.5) is 0 Å². The van der Waals surface area contributed by atoms with Gasteiger partial charge in [-0.2, -0.15) is 0 Å². The lowest BCUT2D eigenvalue weighted by molar-refractivity contribution is -0.118. The van der Waals surface area contributed by atoms with E-state index >= 15 is 0 Å². The van der Waals surface area contributed by atoms with Crippen LogP contribution in [0, 0.1) is 0 Å². The minimum Gasteiger partial charge on any atom is -0.343 e. The van der Waals surface area contributed by atoms with Gasteiger partial charge in [0, 0.05) is 6.04 Å². The molecule has 0 bridgehead atoms. The van der Waals surface area contributed by atoms with Gasteiger partial charge in [-0.05, 0) is 44.6 Å². The van der Waals surface area contributed by atoms with Gasteiger partial charge in [0.2, 0.25) is 5.91 Å². The highest BCUT2D eigenvalue weighted by atomic mass is 16.1. The van der Waals surface area contributed by atoms with E-state index in [1.165, 1.54) is 11.6 Å². The van der Waals surface area contributed by atoms with E-state index in [2.05, 4.69) is 62.1 Å². The molecule has 1 amide bonds. The van der Waals surface area contributed by atoms with Crippen molar-refractivity contribution in [1.29, 1.82) is 0 Å². The Morgan fingerprint density at radius 1 is 1.12 bits per heavy atom. The summed E-state index contributed by atoms with van der Waals surface area (Å²) in [6.45, 7) is 5.66. The van der Waals surface area contributed by atoms with E-state index in [0.29, 0.717) is 0 Å². The molecule has 2 unspecified atom stereocenters. The van der Waals surface area contributed by atoms with Crippen LogP contribution in [0.25, 0.3) is 0 Å². The van der Waals surface area contributed by atoms with E-state index in [9.17, 15) is 4.79 Å². The first-order chi connectivity index (χ1) is 11.5. The van der Waals surface area contributed by atoms with Crippen LogP contribution in [0.2, 0.25) is 0 Å². The van der Waals surface area contributed by atoms with E-state index < -0.39 is 5.54 Å². The molecule has 126 valence electrons. The third kappa shape index (κ3) is 4.33. The molecular formula is C21H26N2O. The van der Waals surface area contributed by atoms with E-state index in [-0.39, 0.29) is 11.9 Å². The predicted molar refractivity (Wildman–Crippen MR) is 99.6 cm³/mol. The monoisotopic (exact) mass is 322 g/mol. The van der Waals surface area contributed by atoms with Gasteiger partial charge in [0.05, 0.1) is 5.54 Å². The molecule has 0 aliphatic carbocycles. The standard InChI is InChI=1S/C21H26N2O/c1-5-20(24)22-21(2,18-14-10-7-11-15-18)16-19(23(3)4)17-12-8-6-9-13-17/h5-15,19H,1,16H2,2-4H3,(H,22,24). The zero-order chi connectivity index (χ0) is 17.6. The molecule has 0 aliphatic rings. The van der Waals surface area contributed by atoms with Crippen molar-refractivity contribution in [2.75, 3.05) is 14.1 Å². The molecule has 0 aliphatic heterocycles. The zero-order valence-corrected chi connectivity index (χ0v) is 14.7. The molecular weight excluding hydrogens is 296 g/mol. The number of nitrogens with one attached hydrogen (secondary N) is 1. The van der Waals surface area contributed by atoms with Crippen LogP contribution >= 0.6 is 0 Å². The van der Waals surface area contributed by atoms with Gasteiger partial charge in [-0.1, -0.05) is 67.2 Å². The molecule has 2 atom stereocenters. The van der Waals surface area contributed by atoms with Crippen molar-refractivity contribution in [1.82, 2.24) is 10.2 Å². The van der Waals surface area contributed by atoms with Gasteiger partial charge in [-0.15, -0.1) is 0 Å². The van der Waals surface area contributed by atoms with Crippen LogP contribution < -0.4 is 5.32 Å². The molecule has 2 rings (SSSR count). The molecule has 0 spiro atoms. The number of hydrogen-bond donors (Lipinski definition) is 1. The number of rotatable bonds is 7. The summed E-state index contributed by atoms with van der Waals surface area (Å²) in [7, 11) is 4.14. The predicted octanol–water partition coefficient (Wildman–Crippen LogP) is 3.90. The third-order valence-corrected chi connectivity index (χ3v) is 4.40. The fourth-order valence-electron chi connectivity index (χ4n) is 3.03. The normalized spacial score (nSPS) is 14.7. The van der Waals surface area contributed by atoms with Crippen molar-refractivity contribution in [3.8, 4) is 0 Å². The third-order valence-electron chi connectivity index (χ3n) is 4.40. The summed E-state index contributed by atoms with van der Waals surface area (Å²) in [5.74, 6) is -0.160. The SMILES string of the molecule is C=CC(=O)NC(C)(CC(c1ccccc1)N(C)C)c1ccccc1. The highest BCUT2D eigenvalue weighted by molar-refractivity contribution is 5.87. The van der Waals surface area contributed by atoms with Crippen LogP contribution in [-0.4, -0.2) is 24.9 Å². The molecule has 0 heterocycles. The molecule has 0 fully saturated rings. The Kier molecular flexibility index (Phi) is 5.93. The number of nitrogens with zero attached hydrogens (tertiary/aromatic N) is 1. The number of benzene rings is 2. The summed E-state index contributed by atoms with van der Waals surface area (Å²) in [5, 5.41) is 3.13. The van der Waals surface area contributed by atoms with Gasteiger partial charge in [-0.3, -0.25) is 4.79 Å². The zero-order valence-electron chi connectivity index (χ0n) is 14.7. The molecule has 2 aromatic carbocycles. The summed E-state index contributed by atoms with van der Waals surface area (Å²) in [4.78, 5) is 14.2. The van der Waals surface area contributed by atoms with E-state index in [1.807, 2.05) is 36.4 Å². The molecule has 0 aromatic heterocycles. The van der Waals surface area contributed by atoms with Crippen molar-refractivity contribution in [2.24, 2.45) is 0 Å². The summed E-state index contributed by atoms with van der Waals surface area (Å²) < 4.78 is 0. The maximum Gasteiger partial charge on any atom is 0.244 e. The van der Waals surface area contributed by atoms with Crippen LogP contribution in [-0.2, 0) is 10.3 Å². The molecule has 0 radical (unpaired) electrons. The van der Waals surface area contributed by atoms with Crippen LogP contribution in [0.1, 0.15) is 30.5 Å². The van der Waals surface area contributed by atoms with Gasteiger partial charge in [0.15, 0.2) is 0 Å². The Morgan fingerprint density at radius 3 is 2.17 bits per heavy atom. The average molecular weight is 322 g/mol. The second-order valence-corrected chi connectivity index (χ2v) is 6.49. The van der Waals surface area contributed by atoms with Crippen LogP contribution in [0.15, 0.2) is 73.3 Å². The maximum absolute atomic E-state index is 12.0. The number of hydrogen-bond acceptors (Lipinski definition) is 2. The van der Waals surface area contributed by atoms with Crippen molar-refractivity contribution in [3.63, 3.8) is 0 Å². The molecule has 2 aromatic rings. The van der Waals surface area contributed by atoms with E-state index in [4.69, 9.17) is 0 Å². The molecule has 3 nitrogen and oxygen atoms in total. The fourth-order valence-corrected chi connectivity index (χ4v) is 3.03. The first kappa shape index (κ1) is 18.0. The number of carbonyl (C=O) groups excluding carboxylic acids is 1. The lowest BCUT2D eigenvalue weighted by Crippen LogP contribution is -2.45. The Labute approximate surface area is 145 Å². The van der Waals surface area contributed by atoms with Gasteiger partial charge >= 0.3 is 0 Å². The molecule has 24 heavy (non-hydrogen) atoms. The topological polar surface area (TPSA) is 32.3 Å². The highest BCUT2D eigenvalue weighted by Gasteiger charge is 2.32. The maximum atomic E-state index is 12.0. The average Bonchev–Trinajstić information content (AvgIpc) is 2.61. The Bertz CT molecular complexity index is 667. The van der Waals surface area contributed by atoms with Gasteiger partial charge in [0.1, 0.15) is 0 Å². The van der Waals surface area contributed by atoms with Crippen LogP contribution in [0.5, 0.6) is 0 Å². The summed E-state index contributed by atoms with van der Waals surface area (Å²) in [6.07, 6.45) is 2.09. The quantitative estimate of drug-likeness (QED) is 0.784. The van der Waals surface area contributed by atoms with Crippen molar-refractivity contribution < 1.29 is 4.79 Å². The minimum absolute atomic E-state index is 0.160. The largest absolute Gasteiger partial charge is 0.343 e. The van der Waals surface area contributed by atoms with Gasteiger partial charge in [0.25, 0.3) is 0 Å². The molecule has 0 saturated heterocycles. The second kappa shape index (κ2) is 7.93. The minimum atomic E-state index is -0.489. The lowest BCUT2D eigenvalue weighted by Gasteiger charge is -2.37. The summed E-state index contributed by atoms with van der Waals surface area (Å²) >= 11 is 0. The van der Waals surface area contributed by atoms with Gasteiger partial charge in [-0.25, -0.2) is 0 Å².